The predicted molar refractivity (Wildman–Crippen MR) is 97.8 cm³/mol. The fourth-order valence-electron chi connectivity index (χ4n) is 3.03. The maximum atomic E-state index is 12.4. The molecule has 6 nitrogen and oxygen atoms in total. The average Bonchev–Trinajstić information content (AvgIpc) is 3.08. The van der Waals surface area contributed by atoms with Gasteiger partial charge in [0.15, 0.2) is 5.78 Å². The van der Waals surface area contributed by atoms with E-state index in [-0.39, 0.29) is 18.2 Å². The van der Waals surface area contributed by atoms with E-state index < -0.39 is 0 Å². The van der Waals surface area contributed by atoms with E-state index in [0.717, 1.165) is 23.0 Å². The van der Waals surface area contributed by atoms with Gasteiger partial charge in [0.1, 0.15) is 6.54 Å². The molecule has 2 heterocycles. The Balaban J connectivity index is 1.87. The third-order valence-electron chi connectivity index (χ3n) is 4.17. The minimum absolute atomic E-state index is 0.112. The first-order chi connectivity index (χ1) is 12.0. The van der Waals surface area contributed by atoms with E-state index in [2.05, 4.69) is 10.4 Å². The summed E-state index contributed by atoms with van der Waals surface area (Å²) in [5.41, 5.74) is 3.04. The molecule has 2 aromatic heterocycles. The summed E-state index contributed by atoms with van der Waals surface area (Å²) >= 11 is 0. The third kappa shape index (κ3) is 3.47. The van der Waals surface area contributed by atoms with Gasteiger partial charge in [-0.2, -0.15) is 5.10 Å². The SMILES string of the molecule is CCCC(=O)c1cn(CC(=O)Nc2cn(C)nc2C)c2ccccc12. The molecular formula is C19H22N4O2. The highest BCUT2D eigenvalue weighted by molar-refractivity contribution is 6.08. The average molecular weight is 338 g/mol. The molecule has 25 heavy (non-hydrogen) atoms. The number of amides is 1. The molecule has 0 saturated heterocycles. The number of benzene rings is 1. The zero-order valence-electron chi connectivity index (χ0n) is 14.7. The zero-order valence-corrected chi connectivity index (χ0v) is 14.7. The van der Waals surface area contributed by atoms with Crippen LogP contribution < -0.4 is 5.32 Å². The summed E-state index contributed by atoms with van der Waals surface area (Å²) in [5.74, 6) is -0.0349. The molecule has 0 spiro atoms. The molecule has 0 saturated carbocycles. The van der Waals surface area contributed by atoms with E-state index in [9.17, 15) is 9.59 Å². The van der Waals surface area contributed by atoms with Crippen LogP contribution in [0, 0.1) is 6.92 Å². The number of Topliss-reactive ketones (excluding diaryl/α,β-unsaturated/α-hetero) is 1. The Morgan fingerprint density at radius 3 is 2.64 bits per heavy atom. The van der Waals surface area contributed by atoms with Crippen LogP contribution in [-0.4, -0.2) is 26.0 Å². The number of aryl methyl sites for hydroxylation is 2. The summed E-state index contributed by atoms with van der Waals surface area (Å²) in [5, 5.41) is 7.99. The number of hydrogen-bond acceptors (Lipinski definition) is 3. The maximum Gasteiger partial charge on any atom is 0.244 e. The first kappa shape index (κ1) is 17.0. The number of fused-ring (bicyclic) bond motifs is 1. The Morgan fingerprint density at radius 2 is 1.96 bits per heavy atom. The standard InChI is InChI=1S/C19H22N4O2/c1-4-7-18(24)15-10-23(17-9-6-5-8-14(15)17)12-19(25)20-16-11-22(3)21-13(16)2/h5-6,8-11H,4,7,12H2,1-3H3,(H,20,25). The van der Waals surface area contributed by atoms with Gasteiger partial charge in [-0.15, -0.1) is 0 Å². The van der Waals surface area contributed by atoms with Crippen molar-refractivity contribution < 1.29 is 9.59 Å². The van der Waals surface area contributed by atoms with Crippen molar-refractivity contribution in [2.24, 2.45) is 7.05 Å². The van der Waals surface area contributed by atoms with Gasteiger partial charge in [-0.25, -0.2) is 0 Å². The van der Waals surface area contributed by atoms with Gasteiger partial charge < -0.3 is 9.88 Å². The summed E-state index contributed by atoms with van der Waals surface area (Å²) in [4.78, 5) is 24.8. The molecule has 0 aliphatic rings. The van der Waals surface area contributed by atoms with E-state index in [1.807, 2.05) is 49.7 Å². The van der Waals surface area contributed by atoms with Crippen molar-refractivity contribution in [3.8, 4) is 0 Å². The Labute approximate surface area is 146 Å². The van der Waals surface area contributed by atoms with E-state index in [1.165, 1.54) is 0 Å². The molecule has 130 valence electrons. The highest BCUT2D eigenvalue weighted by Crippen LogP contribution is 2.23. The summed E-state index contributed by atoms with van der Waals surface area (Å²) in [6.07, 6.45) is 4.88. The van der Waals surface area contributed by atoms with E-state index in [1.54, 1.807) is 17.1 Å². The number of carbonyl (C=O) groups excluding carboxylic acids is 2. The van der Waals surface area contributed by atoms with Gasteiger partial charge in [0, 0.05) is 42.3 Å². The lowest BCUT2D eigenvalue weighted by atomic mass is 10.1. The topological polar surface area (TPSA) is 68.9 Å². The second kappa shape index (κ2) is 6.93. The lowest BCUT2D eigenvalue weighted by molar-refractivity contribution is -0.116. The molecular weight excluding hydrogens is 316 g/mol. The highest BCUT2D eigenvalue weighted by Gasteiger charge is 2.16. The van der Waals surface area contributed by atoms with Crippen LogP contribution in [0.5, 0.6) is 0 Å². The maximum absolute atomic E-state index is 12.4. The molecule has 3 aromatic rings. The van der Waals surface area contributed by atoms with Gasteiger partial charge in [0.25, 0.3) is 0 Å². The van der Waals surface area contributed by atoms with Gasteiger partial charge in [0.05, 0.1) is 11.4 Å². The largest absolute Gasteiger partial charge is 0.337 e. The summed E-state index contributed by atoms with van der Waals surface area (Å²) in [6, 6.07) is 7.68. The van der Waals surface area contributed by atoms with Crippen LogP contribution in [0.15, 0.2) is 36.7 Å². The number of hydrogen-bond donors (Lipinski definition) is 1. The molecule has 0 unspecified atom stereocenters. The number of para-hydroxylation sites is 1. The quantitative estimate of drug-likeness (QED) is 0.701. The van der Waals surface area contributed by atoms with Gasteiger partial charge in [-0.1, -0.05) is 25.1 Å². The van der Waals surface area contributed by atoms with Gasteiger partial charge in [-0.05, 0) is 19.4 Å². The van der Waals surface area contributed by atoms with Crippen molar-refractivity contribution in [1.29, 1.82) is 0 Å². The molecule has 1 aromatic carbocycles. The monoisotopic (exact) mass is 338 g/mol. The molecule has 0 atom stereocenters. The number of aromatic nitrogens is 3. The van der Waals surface area contributed by atoms with Gasteiger partial charge >= 0.3 is 0 Å². The normalized spacial score (nSPS) is 11.0. The van der Waals surface area contributed by atoms with Gasteiger partial charge in [0.2, 0.25) is 5.91 Å². The Morgan fingerprint density at radius 1 is 1.20 bits per heavy atom. The zero-order chi connectivity index (χ0) is 18.0. The van der Waals surface area contributed by atoms with Crippen LogP contribution >= 0.6 is 0 Å². The van der Waals surface area contributed by atoms with Crippen LogP contribution in [0.1, 0.15) is 35.8 Å². The summed E-state index contributed by atoms with van der Waals surface area (Å²) in [7, 11) is 1.81. The fourth-order valence-corrected chi connectivity index (χ4v) is 3.03. The lowest BCUT2D eigenvalue weighted by Gasteiger charge is -2.06. The number of carbonyl (C=O) groups is 2. The first-order valence-corrected chi connectivity index (χ1v) is 8.40. The molecule has 0 fully saturated rings. The first-order valence-electron chi connectivity index (χ1n) is 8.40. The Kier molecular flexibility index (Phi) is 4.70. The number of nitrogens with zero attached hydrogens (tertiary/aromatic N) is 3. The molecule has 0 aliphatic heterocycles. The molecule has 3 rings (SSSR count). The van der Waals surface area contributed by atoms with Crippen molar-refractivity contribution >= 4 is 28.3 Å². The van der Waals surface area contributed by atoms with E-state index in [0.29, 0.717) is 17.7 Å². The molecule has 0 bridgehead atoms. The van der Waals surface area contributed by atoms with Crippen molar-refractivity contribution in [3.63, 3.8) is 0 Å². The molecule has 6 heteroatoms. The molecule has 1 amide bonds. The molecule has 0 aliphatic carbocycles. The Bertz CT molecular complexity index is 936. The Hall–Kier alpha value is -2.89. The van der Waals surface area contributed by atoms with Crippen LogP contribution in [0.25, 0.3) is 10.9 Å². The van der Waals surface area contributed by atoms with Crippen LogP contribution in [0.3, 0.4) is 0 Å². The number of ketones is 1. The van der Waals surface area contributed by atoms with Crippen LogP contribution in [0.2, 0.25) is 0 Å². The predicted octanol–water partition coefficient (Wildman–Crippen LogP) is 3.30. The third-order valence-corrected chi connectivity index (χ3v) is 4.17. The second-order valence-corrected chi connectivity index (χ2v) is 6.21. The van der Waals surface area contributed by atoms with E-state index >= 15 is 0 Å². The van der Waals surface area contributed by atoms with Crippen molar-refractivity contribution in [3.05, 3.63) is 47.9 Å². The summed E-state index contributed by atoms with van der Waals surface area (Å²) in [6.45, 7) is 3.98. The molecule has 0 radical (unpaired) electrons. The van der Waals surface area contributed by atoms with Crippen molar-refractivity contribution in [1.82, 2.24) is 14.3 Å². The minimum atomic E-state index is -0.147. The van der Waals surface area contributed by atoms with Crippen LogP contribution in [-0.2, 0) is 18.4 Å². The number of rotatable bonds is 6. The number of nitrogens with one attached hydrogen (secondary N) is 1. The smallest absolute Gasteiger partial charge is 0.244 e. The second-order valence-electron chi connectivity index (χ2n) is 6.21. The number of anilines is 1. The highest BCUT2D eigenvalue weighted by atomic mass is 16.2. The van der Waals surface area contributed by atoms with E-state index in [4.69, 9.17) is 0 Å². The minimum Gasteiger partial charge on any atom is -0.337 e. The fraction of sp³-hybridized carbons (Fsp3) is 0.316. The van der Waals surface area contributed by atoms with Crippen molar-refractivity contribution in [2.75, 3.05) is 5.32 Å². The van der Waals surface area contributed by atoms with Crippen molar-refractivity contribution in [2.45, 2.75) is 33.2 Å². The summed E-state index contributed by atoms with van der Waals surface area (Å²) < 4.78 is 3.50. The van der Waals surface area contributed by atoms with Gasteiger partial charge in [-0.3, -0.25) is 14.3 Å². The molecule has 1 N–H and O–H groups in total. The lowest BCUT2D eigenvalue weighted by Crippen LogP contribution is -2.18. The van der Waals surface area contributed by atoms with Crippen LogP contribution in [0.4, 0.5) is 5.69 Å².